The summed E-state index contributed by atoms with van der Waals surface area (Å²) in [5, 5.41) is 1.04. The average molecular weight is 657 g/mol. The first-order valence-corrected chi connectivity index (χ1v) is 19.6. The van der Waals surface area contributed by atoms with Gasteiger partial charge in [-0.3, -0.25) is 4.90 Å². The predicted octanol–water partition coefficient (Wildman–Crippen LogP) is 10.1. The summed E-state index contributed by atoms with van der Waals surface area (Å²) in [5.41, 5.74) is 4.50. The Bertz CT molecular complexity index is 1650. The first-order chi connectivity index (χ1) is 22.2. The molecule has 1 fully saturated rings. The fourth-order valence-corrected chi connectivity index (χ4v) is 14.4. The second-order valence-corrected chi connectivity index (χ2v) is 21.1. The van der Waals surface area contributed by atoms with E-state index in [0.717, 1.165) is 46.3 Å². The zero-order valence-electron chi connectivity index (χ0n) is 29.6. The van der Waals surface area contributed by atoms with Crippen LogP contribution in [0.2, 0.25) is 16.6 Å². The van der Waals surface area contributed by atoms with Gasteiger partial charge in [-0.05, 0) is 79.4 Å². The van der Waals surface area contributed by atoms with Gasteiger partial charge in [0, 0.05) is 23.8 Å². The van der Waals surface area contributed by atoms with Crippen molar-refractivity contribution in [2.45, 2.75) is 122 Å². The van der Waals surface area contributed by atoms with Crippen molar-refractivity contribution in [3.05, 3.63) is 83.3 Å². The third-order valence-electron chi connectivity index (χ3n) is 10.8. The Morgan fingerprint density at radius 2 is 1.51 bits per heavy atom. The molecule has 2 aliphatic heterocycles. The van der Waals surface area contributed by atoms with Crippen LogP contribution in [0.25, 0.3) is 10.9 Å². The lowest BCUT2D eigenvalue weighted by molar-refractivity contribution is -0.00147. The fraction of sp³-hybridized carbons (Fsp3) is 0.538. The van der Waals surface area contributed by atoms with Gasteiger partial charge in [0.15, 0.2) is 0 Å². The maximum atomic E-state index is 14.2. The van der Waals surface area contributed by atoms with Crippen LogP contribution in [0.5, 0.6) is 0 Å². The SMILES string of the molecule is CC(C)[Si](OC1=C[C@@H]2[C@H](C1)C[C@H]1c3c(c4ccccc4n3C(=O)OC(C)(C)C)C[C@@H]2N1C(=O)OCc1ccccc1)(C(C)C)C(C)C. The van der Waals surface area contributed by atoms with Crippen molar-refractivity contribution in [1.29, 1.82) is 0 Å². The molecule has 2 bridgehead atoms. The van der Waals surface area contributed by atoms with Crippen LogP contribution < -0.4 is 0 Å². The standard InChI is InChI=1S/C39H52N2O5Si/c1-24(2)47(25(3)4,26(5)6)46-29-19-28-20-35-36-32(30-17-13-14-18-33(30)41(36)38(43)45-39(7,8)9)22-34(31(28)21-29)40(35)37(42)44-23-27-15-11-10-12-16-27/h10-18,21,24-26,28,31,34-35H,19-20,22-23H2,1-9H3/t28-,31-,34+,35+/m1/s1. The smallest absolute Gasteiger partial charge is 0.419 e. The molecule has 0 unspecified atom stereocenters. The van der Waals surface area contributed by atoms with Crippen molar-refractivity contribution < 1.29 is 23.5 Å². The molecule has 4 atom stereocenters. The van der Waals surface area contributed by atoms with Crippen LogP contribution in [0.3, 0.4) is 0 Å². The summed E-state index contributed by atoms with van der Waals surface area (Å²) in [7, 11) is -2.15. The second kappa shape index (κ2) is 12.5. The number of carbonyl (C=O) groups excluding carboxylic acids is 2. The summed E-state index contributed by atoms with van der Waals surface area (Å²) in [6.07, 6.45) is 3.81. The molecule has 1 amide bonds. The van der Waals surface area contributed by atoms with E-state index in [2.05, 4.69) is 53.7 Å². The zero-order valence-corrected chi connectivity index (χ0v) is 30.6. The number of piperidine rings is 1. The fourth-order valence-electron chi connectivity index (χ4n) is 9.09. The molecule has 3 heterocycles. The van der Waals surface area contributed by atoms with Gasteiger partial charge in [0.2, 0.25) is 0 Å². The van der Waals surface area contributed by atoms with Gasteiger partial charge >= 0.3 is 12.2 Å². The van der Waals surface area contributed by atoms with Crippen LogP contribution in [0.4, 0.5) is 9.59 Å². The monoisotopic (exact) mass is 656 g/mol. The summed E-state index contributed by atoms with van der Waals surface area (Å²) in [4.78, 5) is 30.1. The van der Waals surface area contributed by atoms with E-state index in [0.29, 0.717) is 29.0 Å². The van der Waals surface area contributed by atoms with Crippen molar-refractivity contribution >= 4 is 31.4 Å². The van der Waals surface area contributed by atoms with E-state index >= 15 is 0 Å². The number of ether oxygens (including phenoxy) is 2. The Morgan fingerprint density at radius 3 is 2.15 bits per heavy atom. The van der Waals surface area contributed by atoms with Crippen LogP contribution in [-0.2, 0) is 26.9 Å². The lowest BCUT2D eigenvalue weighted by Gasteiger charge is -2.50. The minimum Gasteiger partial charge on any atom is -0.546 e. The highest BCUT2D eigenvalue weighted by molar-refractivity contribution is 6.77. The molecule has 8 heteroatoms. The molecule has 1 aliphatic carbocycles. The van der Waals surface area contributed by atoms with Gasteiger partial charge < -0.3 is 13.9 Å². The van der Waals surface area contributed by atoms with E-state index in [9.17, 15) is 9.59 Å². The minimum atomic E-state index is -2.15. The van der Waals surface area contributed by atoms with E-state index in [4.69, 9.17) is 13.9 Å². The lowest BCUT2D eigenvalue weighted by Crippen LogP contribution is -2.56. The predicted molar refractivity (Wildman–Crippen MR) is 189 cm³/mol. The highest BCUT2D eigenvalue weighted by atomic mass is 28.4. The molecule has 2 aromatic carbocycles. The number of aromatic nitrogens is 1. The Balaban J connectivity index is 1.43. The summed E-state index contributed by atoms with van der Waals surface area (Å²) in [6.45, 7) is 19.8. The Morgan fingerprint density at radius 1 is 0.872 bits per heavy atom. The van der Waals surface area contributed by atoms with E-state index in [-0.39, 0.29) is 30.7 Å². The van der Waals surface area contributed by atoms with Crippen molar-refractivity contribution in [2.75, 3.05) is 0 Å². The minimum absolute atomic E-state index is 0.110. The van der Waals surface area contributed by atoms with Crippen molar-refractivity contribution in [1.82, 2.24) is 9.47 Å². The molecule has 47 heavy (non-hydrogen) atoms. The number of nitrogens with zero attached hydrogens (tertiary/aromatic N) is 2. The van der Waals surface area contributed by atoms with E-state index in [1.54, 1.807) is 4.57 Å². The molecule has 6 rings (SSSR count). The molecular weight excluding hydrogens is 605 g/mol. The molecule has 252 valence electrons. The first-order valence-electron chi connectivity index (χ1n) is 17.5. The molecule has 0 N–H and O–H groups in total. The van der Waals surface area contributed by atoms with Crippen LogP contribution in [0.1, 0.15) is 98.0 Å². The van der Waals surface area contributed by atoms with Crippen molar-refractivity contribution in [3.63, 3.8) is 0 Å². The molecule has 0 spiro atoms. The van der Waals surface area contributed by atoms with E-state index < -0.39 is 20.0 Å². The van der Waals surface area contributed by atoms with Crippen molar-refractivity contribution in [2.24, 2.45) is 11.8 Å². The van der Waals surface area contributed by atoms with Gasteiger partial charge in [-0.1, -0.05) is 90.1 Å². The van der Waals surface area contributed by atoms with Gasteiger partial charge in [-0.25, -0.2) is 14.2 Å². The highest BCUT2D eigenvalue weighted by Crippen LogP contribution is 2.55. The summed E-state index contributed by atoms with van der Waals surface area (Å²) in [5.74, 6) is 1.53. The van der Waals surface area contributed by atoms with Crippen LogP contribution >= 0.6 is 0 Å². The third kappa shape index (κ3) is 5.91. The van der Waals surface area contributed by atoms with Gasteiger partial charge in [-0.2, -0.15) is 0 Å². The van der Waals surface area contributed by atoms with Gasteiger partial charge in [0.05, 0.1) is 23.0 Å². The van der Waals surface area contributed by atoms with Gasteiger partial charge in [-0.15, -0.1) is 0 Å². The number of benzene rings is 2. The topological polar surface area (TPSA) is 70.0 Å². The van der Waals surface area contributed by atoms with Gasteiger partial charge in [0.25, 0.3) is 8.32 Å². The van der Waals surface area contributed by atoms with Crippen LogP contribution in [0, 0.1) is 11.8 Å². The molecule has 3 aromatic rings. The van der Waals surface area contributed by atoms with Crippen LogP contribution in [-0.4, -0.2) is 41.6 Å². The second-order valence-electron chi connectivity index (χ2n) is 15.8. The molecule has 0 radical (unpaired) electrons. The number of para-hydroxylation sites is 1. The average Bonchev–Trinajstić information content (AvgIpc) is 3.56. The number of hydrogen-bond acceptors (Lipinski definition) is 5. The Kier molecular flexibility index (Phi) is 8.87. The van der Waals surface area contributed by atoms with Crippen LogP contribution in [0.15, 0.2) is 66.4 Å². The number of fused-ring (bicyclic) bond motifs is 8. The Hall–Kier alpha value is -3.52. The molecule has 1 saturated heterocycles. The number of allylic oxidation sites excluding steroid dienone is 1. The molecule has 1 aromatic heterocycles. The molecular formula is C39H52N2O5Si. The van der Waals surface area contributed by atoms with E-state index in [1.807, 2.05) is 74.2 Å². The zero-order chi connectivity index (χ0) is 33.8. The third-order valence-corrected chi connectivity index (χ3v) is 16.8. The normalized spacial score (nSPS) is 22.4. The molecule has 0 saturated carbocycles. The number of rotatable bonds is 7. The van der Waals surface area contributed by atoms with Gasteiger partial charge in [0.1, 0.15) is 12.2 Å². The summed E-state index contributed by atoms with van der Waals surface area (Å²) < 4.78 is 21.0. The summed E-state index contributed by atoms with van der Waals surface area (Å²) in [6, 6.07) is 17.4. The Labute approximate surface area is 281 Å². The summed E-state index contributed by atoms with van der Waals surface area (Å²) >= 11 is 0. The van der Waals surface area contributed by atoms with E-state index in [1.165, 1.54) is 0 Å². The number of amides is 1. The molecule has 3 aliphatic rings. The molecule has 7 nitrogen and oxygen atoms in total. The maximum absolute atomic E-state index is 14.2. The largest absolute Gasteiger partial charge is 0.546 e. The lowest BCUT2D eigenvalue weighted by atomic mass is 9.72. The first kappa shape index (κ1) is 33.4. The maximum Gasteiger partial charge on any atom is 0.419 e. The number of hydrogen-bond donors (Lipinski definition) is 0. The number of carbonyl (C=O) groups is 2. The van der Waals surface area contributed by atoms with Crippen molar-refractivity contribution in [3.8, 4) is 0 Å². The highest BCUT2D eigenvalue weighted by Gasteiger charge is 2.55. The quantitative estimate of drug-likeness (QED) is 0.237.